The van der Waals surface area contributed by atoms with Crippen LogP contribution in [-0.2, 0) is 4.79 Å². The molecule has 188 valence electrons. The molecule has 1 fully saturated rings. The molecule has 1 aromatic heterocycles. The number of nitrogens with two attached hydrogens (primary N) is 2. The van der Waals surface area contributed by atoms with Gasteiger partial charge in [-0.05, 0) is 66.3 Å². The van der Waals surface area contributed by atoms with Crippen LogP contribution in [0.5, 0.6) is 5.75 Å². The van der Waals surface area contributed by atoms with Crippen LogP contribution in [0, 0.1) is 5.82 Å². The quantitative estimate of drug-likeness (QED) is 0.423. The molecular formula is C25H26FN5O4S. The summed E-state index contributed by atoms with van der Waals surface area (Å²) in [6, 6.07) is 10.8. The normalized spacial score (nSPS) is 14.3. The second kappa shape index (κ2) is 10.7. The largest absolute Gasteiger partial charge is 0.497 e. The smallest absolute Gasteiger partial charge is 0.273 e. The van der Waals surface area contributed by atoms with Crippen molar-refractivity contribution in [1.29, 1.82) is 0 Å². The van der Waals surface area contributed by atoms with Crippen molar-refractivity contribution in [3.05, 3.63) is 70.5 Å². The molecule has 1 aliphatic carbocycles. The number of hydrogen-bond acceptors (Lipinski definition) is 7. The summed E-state index contributed by atoms with van der Waals surface area (Å²) >= 11 is 0.709. The monoisotopic (exact) mass is 511 g/mol. The number of hydrogen-bond donors (Lipinski definition) is 3. The van der Waals surface area contributed by atoms with Crippen LogP contribution in [0.3, 0.4) is 0 Å². The maximum absolute atomic E-state index is 13.9. The molecule has 36 heavy (non-hydrogen) atoms. The van der Waals surface area contributed by atoms with E-state index in [1.807, 2.05) is 0 Å². The zero-order valence-corrected chi connectivity index (χ0v) is 20.4. The molecule has 0 radical (unpaired) electrons. The maximum atomic E-state index is 13.9. The van der Waals surface area contributed by atoms with Crippen LogP contribution in [0.4, 0.5) is 15.8 Å². The number of ether oxygens (including phenoxy) is 1. The predicted octanol–water partition coefficient (Wildman–Crippen LogP) is 3.42. The Labute approximate surface area is 211 Å². The number of nitrogens with zero attached hydrogens (tertiary/aromatic N) is 2. The highest BCUT2D eigenvalue weighted by Crippen LogP contribution is 2.34. The van der Waals surface area contributed by atoms with Crippen molar-refractivity contribution in [2.45, 2.75) is 37.8 Å². The average molecular weight is 512 g/mol. The second-order valence-electron chi connectivity index (χ2n) is 8.46. The van der Waals surface area contributed by atoms with Crippen LogP contribution in [0.2, 0.25) is 0 Å². The van der Waals surface area contributed by atoms with Crippen LogP contribution < -0.4 is 26.4 Å². The Kier molecular flexibility index (Phi) is 7.49. The third kappa shape index (κ3) is 5.15. The zero-order valence-electron chi connectivity index (χ0n) is 19.6. The van der Waals surface area contributed by atoms with Gasteiger partial charge in [0.2, 0.25) is 5.91 Å². The van der Waals surface area contributed by atoms with Crippen molar-refractivity contribution in [3.63, 3.8) is 0 Å². The van der Waals surface area contributed by atoms with Crippen LogP contribution in [0.15, 0.2) is 48.5 Å². The van der Waals surface area contributed by atoms with E-state index in [0.717, 1.165) is 25.7 Å². The van der Waals surface area contributed by atoms with Gasteiger partial charge < -0.3 is 21.5 Å². The molecular weight excluding hydrogens is 485 g/mol. The number of rotatable bonds is 8. The fourth-order valence-corrected chi connectivity index (χ4v) is 5.02. The summed E-state index contributed by atoms with van der Waals surface area (Å²) in [7, 11) is 1.52. The van der Waals surface area contributed by atoms with Gasteiger partial charge in [0.25, 0.3) is 11.8 Å². The summed E-state index contributed by atoms with van der Waals surface area (Å²) in [6.07, 6.45) is 3.70. The minimum Gasteiger partial charge on any atom is -0.497 e. The Balaban J connectivity index is 1.84. The van der Waals surface area contributed by atoms with E-state index in [4.69, 9.17) is 16.2 Å². The van der Waals surface area contributed by atoms with E-state index < -0.39 is 29.6 Å². The molecule has 0 saturated heterocycles. The minimum absolute atomic E-state index is 0.0154. The molecule has 3 amide bonds. The van der Waals surface area contributed by atoms with Gasteiger partial charge in [-0.2, -0.15) is 4.37 Å². The fourth-order valence-electron chi connectivity index (χ4n) is 4.28. The van der Waals surface area contributed by atoms with E-state index >= 15 is 0 Å². The van der Waals surface area contributed by atoms with Crippen molar-refractivity contribution in [2.75, 3.05) is 17.7 Å². The molecule has 1 atom stereocenters. The van der Waals surface area contributed by atoms with Gasteiger partial charge in [0.05, 0.1) is 12.8 Å². The van der Waals surface area contributed by atoms with Gasteiger partial charge in [-0.3, -0.25) is 19.3 Å². The lowest BCUT2D eigenvalue weighted by atomic mass is 10.0. The van der Waals surface area contributed by atoms with Crippen LogP contribution >= 0.6 is 11.5 Å². The van der Waals surface area contributed by atoms with Crippen molar-refractivity contribution < 1.29 is 23.5 Å². The summed E-state index contributed by atoms with van der Waals surface area (Å²) in [5.41, 5.74) is 11.8. The van der Waals surface area contributed by atoms with E-state index in [9.17, 15) is 18.8 Å². The van der Waals surface area contributed by atoms with Gasteiger partial charge in [-0.15, -0.1) is 0 Å². The van der Waals surface area contributed by atoms with Gasteiger partial charge in [0.15, 0.2) is 5.69 Å². The van der Waals surface area contributed by atoms with E-state index in [1.54, 1.807) is 24.3 Å². The summed E-state index contributed by atoms with van der Waals surface area (Å²) in [4.78, 5) is 40.6. The number of nitrogens with one attached hydrogen (secondary N) is 1. The van der Waals surface area contributed by atoms with Crippen molar-refractivity contribution >= 4 is 40.6 Å². The Hall–Kier alpha value is -3.99. The number of aromatic nitrogens is 1. The number of halogens is 1. The number of primary amides is 1. The Morgan fingerprint density at radius 3 is 2.31 bits per heavy atom. The number of carbonyl (C=O) groups is 3. The van der Waals surface area contributed by atoms with Crippen LogP contribution in [0.1, 0.15) is 57.4 Å². The standard InChI is InChI=1S/C25H26FN5O4S/c1-35-18-12-6-14(7-13-18)21(24(33)29-16-4-2-3-5-16)31(17-10-8-15(26)9-11-17)25(34)22-19(27)20(23(28)32)30-36-22/h6-13,16,21H,2-5,27H2,1H3,(H2,28,32)(H,29,33)/t21-/m1/s1. The molecule has 3 aromatic rings. The highest BCUT2D eigenvalue weighted by molar-refractivity contribution is 7.09. The highest BCUT2D eigenvalue weighted by Gasteiger charge is 2.37. The number of benzene rings is 2. The second-order valence-corrected chi connectivity index (χ2v) is 9.23. The van der Waals surface area contributed by atoms with Crippen molar-refractivity contribution in [3.8, 4) is 5.75 Å². The number of methoxy groups -OCH3 is 1. The molecule has 11 heteroatoms. The van der Waals surface area contributed by atoms with E-state index in [-0.39, 0.29) is 28.0 Å². The number of amides is 3. The van der Waals surface area contributed by atoms with E-state index in [0.29, 0.717) is 22.8 Å². The molecule has 4 rings (SSSR count). The average Bonchev–Trinajstić information content (AvgIpc) is 3.52. The summed E-state index contributed by atoms with van der Waals surface area (Å²) < 4.78 is 23.0. The third-order valence-corrected chi connectivity index (χ3v) is 6.97. The third-order valence-electron chi connectivity index (χ3n) is 6.12. The van der Waals surface area contributed by atoms with Gasteiger partial charge in [0, 0.05) is 11.7 Å². The predicted molar refractivity (Wildman–Crippen MR) is 134 cm³/mol. The van der Waals surface area contributed by atoms with Crippen molar-refractivity contribution in [1.82, 2.24) is 9.69 Å². The van der Waals surface area contributed by atoms with E-state index in [1.165, 1.54) is 36.3 Å². The van der Waals surface area contributed by atoms with Gasteiger partial charge in [0.1, 0.15) is 22.5 Å². The number of anilines is 2. The number of nitrogen functional groups attached to an aromatic ring is 1. The molecule has 1 aliphatic rings. The van der Waals surface area contributed by atoms with E-state index in [2.05, 4.69) is 9.69 Å². The summed E-state index contributed by atoms with van der Waals surface area (Å²) in [5.74, 6) is -1.88. The lowest BCUT2D eigenvalue weighted by Crippen LogP contribution is -2.46. The Bertz CT molecular complexity index is 1260. The SMILES string of the molecule is COc1ccc([C@H](C(=O)NC2CCCC2)N(C(=O)c2snc(C(N)=O)c2N)c2ccc(F)cc2)cc1. The minimum atomic E-state index is -1.13. The highest BCUT2D eigenvalue weighted by atomic mass is 32.1. The molecule has 0 spiro atoms. The topological polar surface area (TPSA) is 141 Å². The molecule has 5 N–H and O–H groups in total. The first-order valence-electron chi connectivity index (χ1n) is 11.4. The summed E-state index contributed by atoms with van der Waals surface area (Å²) in [5, 5.41) is 3.06. The van der Waals surface area contributed by atoms with Crippen LogP contribution in [0.25, 0.3) is 0 Å². The van der Waals surface area contributed by atoms with Gasteiger partial charge in [-0.1, -0.05) is 25.0 Å². The molecule has 0 aliphatic heterocycles. The summed E-state index contributed by atoms with van der Waals surface area (Å²) in [6.45, 7) is 0. The first-order chi connectivity index (χ1) is 17.3. The first kappa shape index (κ1) is 25.1. The first-order valence-corrected chi connectivity index (χ1v) is 12.2. The Morgan fingerprint density at radius 2 is 1.75 bits per heavy atom. The van der Waals surface area contributed by atoms with Crippen molar-refractivity contribution in [2.24, 2.45) is 5.73 Å². The zero-order chi connectivity index (χ0) is 25.8. The van der Waals surface area contributed by atoms with Crippen LogP contribution in [-0.4, -0.2) is 35.2 Å². The molecule has 0 unspecified atom stereocenters. The van der Waals surface area contributed by atoms with Gasteiger partial charge in [-0.25, -0.2) is 4.39 Å². The maximum Gasteiger partial charge on any atom is 0.273 e. The molecule has 0 bridgehead atoms. The molecule has 9 nitrogen and oxygen atoms in total. The molecule has 2 aromatic carbocycles. The lowest BCUT2D eigenvalue weighted by Gasteiger charge is -2.32. The number of carbonyl (C=O) groups excluding carboxylic acids is 3. The molecule has 1 heterocycles. The lowest BCUT2D eigenvalue weighted by molar-refractivity contribution is -0.123. The van der Waals surface area contributed by atoms with Gasteiger partial charge >= 0.3 is 0 Å². The fraction of sp³-hybridized carbons (Fsp3) is 0.280. The Morgan fingerprint density at radius 1 is 1.11 bits per heavy atom. The molecule has 1 saturated carbocycles.